The minimum Gasteiger partial charge on any atom is -0.267 e. The van der Waals surface area contributed by atoms with Crippen LogP contribution in [0.4, 0.5) is 0 Å². The van der Waals surface area contributed by atoms with Gasteiger partial charge in [-0.2, -0.15) is 8.42 Å². The fourth-order valence-electron chi connectivity index (χ4n) is 1.11. The van der Waals surface area contributed by atoms with Crippen LogP contribution in [0.15, 0.2) is 30.3 Å². The highest BCUT2D eigenvalue weighted by Crippen LogP contribution is 2.08. The molecule has 0 saturated carbocycles. The van der Waals surface area contributed by atoms with Crippen molar-refractivity contribution in [1.29, 1.82) is 0 Å². The van der Waals surface area contributed by atoms with Gasteiger partial charge < -0.3 is 0 Å². The van der Waals surface area contributed by atoms with Crippen molar-refractivity contribution in [3.8, 4) is 0 Å². The normalized spacial score (nSPS) is 11.9. The van der Waals surface area contributed by atoms with Crippen LogP contribution in [-0.4, -0.2) is 14.5 Å². The lowest BCUT2D eigenvalue weighted by Crippen LogP contribution is -2.14. The number of rotatable bonds is 4. The SMILES string of the molecule is CC(C)OS(=O)(=O)Cc1ccccc1. The third kappa shape index (κ3) is 3.89. The Labute approximate surface area is 84.8 Å². The third-order valence-electron chi connectivity index (χ3n) is 1.53. The Hall–Kier alpha value is -0.870. The first kappa shape index (κ1) is 11.2. The second kappa shape index (κ2) is 4.57. The zero-order chi connectivity index (χ0) is 10.6. The summed E-state index contributed by atoms with van der Waals surface area (Å²) in [7, 11) is -3.43. The van der Waals surface area contributed by atoms with Crippen molar-refractivity contribution in [3.05, 3.63) is 35.9 Å². The minimum absolute atomic E-state index is 0.0635. The third-order valence-corrected chi connectivity index (χ3v) is 2.89. The molecule has 0 atom stereocenters. The molecule has 0 aliphatic rings. The summed E-state index contributed by atoms with van der Waals surface area (Å²) in [5.74, 6) is -0.0635. The second-order valence-corrected chi connectivity index (χ2v) is 4.93. The van der Waals surface area contributed by atoms with E-state index in [1.807, 2.05) is 6.07 Å². The lowest BCUT2D eigenvalue weighted by Gasteiger charge is -2.07. The Morgan fingerprint density at radius 3 is 2.29 bits per heavy atom. The first-order valence-electron chi connectivity index (χ1n) is 4.44. The van der Waals surface area contributed by atoms with Gasteiger partial charge in [0.05, 0.1) is 6.10 Å². The summed E-state index contributed by atoms with van der Waals surface area (Å²) in [4.78, 5) is 0. The number of hydrogen-bond donors (Lipinski definition) is 0. The molecule has 0 spiro atoms. The van der Waals surface area contributed by atoms with E-state index in [0.29, 0.717) is 0 Å². The molecule has 1 aromatic rings. The Balaban J connectivity index is 2.70. The van der Waals surface area contributed by atoms with Crippen LogP contribution in [0.1, 0.15) is 19.4 Å². The average molecular weight is 214 g/mol. The smallest absolute Gasteiger partial charge is 0.267 e. The highest BCUT2D eigenvalue weighted by atomic mass is 32.2. The minimum atomic E-state index is -3.43. The molecule has 0 N–H and O–H groups in total. The monoisotopic (exact) mass is 214 g/mol. The first-order valence-corrected chi connectivity index (χ1v) is 6.02. The Kier molecular flexibility index (Phi) is 3.66. The fourth-order valence-corrected chi connectivity index (χ4v) is 2.36. The highest BCUT2D eigenvalue weighted by molar-refractivity contribution is 7.85. The summed E-state index contributed by atoms with van der Waals surface area (Å²) in [6.45, 7) is 3.39. The first-order chi connectivity index (χ1) is 6.49. The van der Waals surface area contributed by atoms with Gasteiger partial charge in [0.25, 0.3) is 10.1 Å². The topological polar surface area (TPSA) is 43.4 Å². The molecule has 78 valence electrons. The summed E-state index contributed by atoms with van der Waals surface area (Å²) in [6.07, 6.45) is -0.302. The maximum absolute atomic E-state index is 11.4. The van der Waals surface area contributed by atoms with Crippen molar-refractivity contribution in [1.82, 2.24) is 0 Å². The van der Waals surface area contributed by atoms with Crippen LogP contribution in [0, 0.1) is 0 Å². The molecule has 0 amide bonds. The predicted molar refractivity (Wildman–Crippen MR) is 55.3 cm³/mol. The Bertz CT molecular complexity index is 368. The van der Waals surface area contributed by atoms with Gasteiger partial charge in [-0.1, -0.05) is 30.3 Å². The van der Waals surface area contributed by atoms with E-state index in [2.05, 4.69) is 0 Å². The summed E-state index contributed by atoms with van der Waals surface area (Å²) >= 11 is 0. The van der Waals surface area contributed by atoms with Gasteiger partial charge in [-0.05, 0) is 19.4 Å². The second-order valence-electron chi connectivity index (χ2n) is 3.33. The summed E-state index contributed by atoms with van der Waals surface area (Å²) < 4.78 is 27.6. The molecule has 3 nitrogen and oxygen atoms in total. The van der Waals surface area contributed by atoms with Crippen LogP contribution in [0.3, 0.4) is 0 Å². The van der Waals surface area contributed by atoms with E-state index in [4.69, 9.17) is 4.18 Å². The fraction of sp³-hybridized carbons (Fsp3) is 0.400. The van der Waals surface area contributed by atoms with Gasteiger partial charge in [0, 0.05) is 0 Å². The predicted octanol–water partition coefficient (Wildman–Crippen LogP) is 1.94. The molecule has 0 aromatic heterocycles. The van der Waals surface area contributed by atoms with Crippen molar-refractivity contribution in [2.75, 3.05) is 0 Å². The van der Waals surface area contributed by atoms with Gasteiger partial charge in [0.2, 0.25) is 0 Å². The van der Waals surface area contributed by atoms with Crippen molar-refractivity contribution < 1.29 is 12.6 Å². The molecular weight excluding hydrogens is 200 g/mol. The van der Waals surface area contributed by atoms with E-state index in [-0.39, 0.29) is 11.9 Å². The van der Waals surface area contributed by atoms with Crippen LogP contribution in [0.2, 0.25) is 0 Å². The molecule has 0 saturated heterocycles. The van der Waals surface area contributed by atoms with Gasteiger partial charge in [0.15, 0.2) is 0 Å². The van der Waals surface area contributed by atoms with E-state index >= 15 is 0 Å². The van der Waals surface area contributed by atoms with Gasteiger partial charge >= 0.3 is 0 Å². The van der Waals surface area contributed by atoms with Gasteiger partial charge in [-0.15, -0.1) is 0 Å². The standard InChI is InChI=1S/C10H14O3S/c1-9(2)13-14(11,12)8-10-6-4-3-5-7-10/h3-7,9H,8H2,1-2H3. The molecule has 14 heavy (non-hydrogen) atoms. The molecule has 0 aliphatic heterocycles. The maximum atomic E-state index is 11.4. The molecule has 0 aliphatic carbocycles. The van der Waals surface area contributed by atoms with E-state index in [0.717, 1.165) is 5.56 Å². The molecule has 1 aromatic carbocycles. The van der Waals surface area contributed by atoms with Crippen LogP contribution in [-0.2, 0) is 20.1 Å². The van der Waals surface area contributed by atoms with Crippen molar-refractivity contribution in [3.63, 3.8) is 0 Å². The van der Waals surface area contributed by atoms with E-state index in [9.17, 15) is 8.42 Å². The van der Waals surface area contributed by atoms with Gasteiger partial charge in [0.1, 0.15) is 5.75 Å². The van der Waals surface area contributed by atoms with Crippen LogP contribution in [0.25, 0.3) is 0 Å². The number of hydrogen-bond acceptors (Lipinski definition) is 3. The quantitative estimate of drug-likeness (QED) is 0.719. The van der Waals surface area contributed by atoms with Crippen molar-refractivity contribution in [2.45, 2.75) is 25.7 Å². The largest absolute Gasteiger partial charge is 0.271 e. The van der Waals surface area contributed by atoms with Crippen molar-refractivity contribution in [2.24, 2.45) is 0 Å². The summed E-state index contributed by atoms with van der Waals surface area (Å²) in [5, 5.41) is 0. The lowest BCUT2D eigenvalue weighted by molar-refractivity contribution is 0.248. The molecule has 1 rings (SSSR count). The molecule has 0 fully saturated rings. The van der Waals surface area contributed by atoms with Crippen LogP contribution >= 0.6 is 0 Å². The van der Waals surface area contributed by atoms with E-state index in [1.165, 1.54) is 0 Å². The van der Waals surface area contributed by atoms with E-state index < -0.39 is 10.1 Å². The molecule has 0 heterocycles. The van der Waals surface area contributed by atoms with Crippen LogP contribution < -0.4 is 0 Å². The molecular formula is C10H14O3S. The summed E-state index contributed by atoms with van der Waals surface area (Å²) in [6, 6.07) is 8.99. The summed E-state index contributed by atoms with van der Waals surface area (Å²) in [5.41, 5.74) is 0.744. The van der Waals surface area contributed by atoms with Crippen molar-refractivity contribution >= 4 is 10.1 Å². The molecule has 4 heteroatoms. The lowest BCUT2D eigenvalue weighted by atomic mass is 10.2. The zero-order valence-electron chi connectivity index (χ0n) is 8.30. The molecule has 0 unspecified atom stereocenters. The van der Waals surface area contributed by atoms with E-state index in [1.54, 1.807) is 38.1 Å². The van der Waals surface area contributed by atoms with Gasteiger partial charge in [-0.3, -0.25) is 4.18 Å². The molecule has 0 radical (unpaired) electrons. The highest BCUT2D eigenvalue weighted by Gasteiger charge is 2.13. The van der Waals surface area contributed by atoms with Crippen LogP contribution in [0.5, 0.6) is 0 Å². The Morgan fingerprint density at radius 2 is 1.79 bits per heavy atom. The molecule has 0 bridgehead atoms. The zero-order valence-corrected chi connectivity index (χ0v) is 9.12. The van der Waals surface area contributed by atoms with Gasteiger partial charge in [-0.25, -0.2) is 0 Å². The number of benzene rings is 1. The Morgan fingerprint density at radius 1 is 1.21 bits per heavy atom. The maximum Gasteiger partial charge on any atom is 0.271 e. The average Bonchev–Trinajstić information content (AvgIpc) is 2.02.